The van der Waals surface area contributed by atoms with Crippen molar-refractivity contribution in [2.24, 2.45) is 23.2 Å². The van der Waals surface area contributed by atoms with Crippen LogP contribution in [0.5, 0.6) is 0 Å². The Kier molecular flexibility index (Phi) is 5.26. The molecule has 0 saturated heterocycles. The van der Waals surface area contributed by atoms with Crippen molar-refractivity contribution in [2.75, 3.05) is 13.2 Å². The van der Waals surface area contributed by atoms with Gasteiger partial charge in [0.05, 0.1) is 12.5 Å². The number of aliphatic hydroxyl groups excluding tert-OH is 2. The van der Waals surface area contributed by atoms with E-state index >= 15 is 0 Å². The smallest absolute Gasteiger partial charge is 0.311 e. The van der Waals surface area contributed by atoms with Crippen LogP contribution in [0.2, 0.25) is 0 Å². The molecule has 5 atom stereocenters. The van der Waals surface area contributed by atoms with Crippen molar-refractivity contribution in [1.29, 1.82) is 0 Å². The van der Waals surface area contributed by atoms with Crippen LogP contribution in [0.3, 0.4) is 0 Å². The molecule has 23 heavy (non-hydrogen) atoms. The lowest BCUT2D eigenvalue weighted by Gasteiger charge is -2.32. The molecule has 0 heterocycles. The molecule has 1 amide bonds. The Balaban J connectivity index is 2.08. The minimum absolute atomic E-state index is 0.0469. The average molecular weight is 323 g/mol. The molecule has 0 aromatic carbocycles. The van der Waals surface area contributed by atoms with Gasteiger partial charge in [0.1, 0.15) is 12.7 Å². The second kappa shape index (κ2) is 6.84. The number of allylic oxidation sites excluding steroid dienone is 1. The zero-order valence-electron chi connectivity index (χ0n) is 13.6. The minimum Gasteiger partial charge on any atom is -0.461 e. The van der Waals surface area contributed by atoms with Gasteiger partial charge in [-0.3, -0.25) is 9.59 Å². The number of ether oxygens (including phenoxy) is 1. The van der Waals surface area contributed by atoms with E-state index in [4.69, 9.17) is 4.74 Å². The number of carbonyl (C=O) groups excluding carboxylic acids is 2. The van der Waals surface area contributed by atoms with Crippen molar-refractivity contribution in [3.8, 4) is 0 Å². The van der Waals surface area contributed by atoms with E-state index in [2.05, 4.69) is 11.9 Å². The topological polar surface area (TPSA) is 95.9 Å². The predicted molar refractivity (Wildman–Crippen MR) is 84.2 cm³/mol. The molecule has 1 fully saturated rings. The fourth-order valence-corrected chi connectivity index (χ4v) is 3.26. The third-order valence-corrected chi connectivity index (χ3v) is 4.78. The Morgan fingerprint density at radius 2 is 2.09 bits per heavy atom. The van der Waals surface area contributed by atoms with Crippen LogP contribution in [-0.2, 0) is 14.3 Å². The SMILES string of the molecule is C=CCOC(=O)[C@H]1[C@@H](NC(=O)[C@H](O)C(C)(C)CO)[C@@H]2C=C[C@H]1C2. The van der Waals surface area contributed by atoms with Crippen LogP contribution < -0.4 is 5.32 Å². The van der Waals surface area contributed by atoms with E-state index < -0.39 is 23.3 Å². The molecule has 2 bridgehead atoms. The summed E-state index contributed by atoms with van der Waals surface area (Å²) in [6.45, 7) is 6.55. The predicted octanol–water partition coefficient (Wildman–Crippen LogP) is 0.402. The second-order valence-corrected chi connectivity index (χ2v) is 6.98. The molecular weight excluding hydrogens is 298 g/mol. The highest BCUT2D eigenvalue weighted by Crippen LogP contribution is 2.44. The molecular formula is C17H25NO5. The van der Waals surface area contributed by atoms with Gasteiger partial charge in [0.25, 0.3) is 0 Å². The molecule has 2 aliphatic carbocycles. The van der Waals surface area contributed by atoms with E-state index in [1.807, 2.05) is 12.2 Å². The van der Waals surface area contributed by atoms with Gasteiger partial charge in [0.2, 0.25) is 5.91 Å². The third kappa shape index (κ3) is 3.48. The minimum atomic E-state index is -1.35. The summed E-state index contributed by atoms with van der Waals surface area (Å²) in [6.07, 6.45) is 4.93. The van der Waals surface area contributed by atoms with Gasteiger partial charge in [-0.25, -0.2) is 0 Å². The van der Waals surface area contributed by atoms with E-state index in [1.165, 1.54) is 6.08 Å². The van der Waals surface area contributed by atoms with Crippen LogP contribution in [0.1, 0.15) is 20.3 Å². The summed E-state index contributed by atoms with van der Waals surface area (Å²) in [4.78, 5) is 24.5. The number of amides is 1. The molecule has 3 N–H and O–H groups in total. The first-order valence-electron chi connectivity index (χ1n) is 7.87. The van der Waals surface area contributed by atoms with Crippen LogP contribution in [0.15, 0.2) is 24.8 Å². The Morgan fingerprint density at radius 1 is 1.43 bits per heavy atom. The Labute approximate surface area is 136 Å². The summed E-state index contributed by atoms with van der Waals surface area (Å²) < 4.78 is 5.14. The molecule has 6 nitrogen and oxygen atoms in total. The normalized spacial score (nSPS) is 30.1. The molecule has 0 aromatic rings. The molecule has 0 spiro atoms. The first kappa shape index (κ1) is 17.7. The zero-order chi connectivity index (χ0) is 17.2. The lowest BCUT2D eigenvalue weighted by molar-refractivity contribution is -0.150. The Hall–Kier alpha value is -1.66. The van der Waals surface area contributed by atoms with Gasteiger partial charge in [-0.05, 0) is 18.3 Å². The van der Waals surface area contributed by atoms with Crippen molar-refractivity contribution in [3.05, 3.63) is 24.8 Å². The molecule has 2 aliphatic rings. The molecule has 0 radical (unpaired) electrons. The summed E-state index contributed by atoms with van der Waals surface area (Å²) in [7, 11) is 0. The lowest BCUT2D eigenvalue weighted by atomic mass is 9.85. The van der Waals surface area contributed by atoms with E-state index in [0.717, 1.165) is 6.42 Å². The monoisotopic (exact) mass is 323 g/mol. The van der Waals surface area contributed by atoms with Crippen LogP contribution >= 0.6 is 0 Å². The number of fused-ring (bicyclic) bond motifs is 2. The van der Waals surface area contributed by atoms with E-state index in [0.29, 0.717) is 0 Å². The molecule has 0 aromatic heterocycles. The summed E-state index contributed by atoms with van der Waals surface area (Å²) >= 11 is 0. The first-order chi connectivity index (χ1) is 10.8. The van der Waals surface area contributed by atoms with Crippen LogP contribution in [0.4, 0.5) is 0 Å². The largest absolute Gasteiger partial charge is 0.461 e. The van der Waals surface area contributed by atoms with Gasteiger partial charge in [0.15, 0.2) is 0 Å². The van der Waals surface area contributed by atoms with E-state index in [-0.39, 0.29) is 37.1 Å². The molecule has 2 rings (SSSR count). The van der Waals surface area contributed by atoms with E-state index in [9.17, 15) is 19.8 Å². The second-order valence-electron chi connectivity index (χ2n) is 6.98. The van der Waals surface area contributed by atoms with Gasteiger partial charge in [-0.15, -0.1) is 0 Å². The molecule has 1 saturated carbocycles. The number of aliphatic hydroxyl groups is 2. The number of nitrogens with one attached hydrogen (secondary N) is 1. The number of carbonyl (C=O) groups is 2. The maximum absolute atomic E-state index is 12.3. The average Bonchev–Trinajstić information content (AvgIpc) is 3.12. The van der Waals surface area contributed by atoms with E-state index in [1.54, 1.807) is 13.8 Å². The maximum atomic E-state index is 12.3. The lowest BCUT2D eigenvalue weighted by Crippen LogP contribution is -2.53. The van der Waals surface area contributed by atoms with Crippen LogP contribution in [-0.4, -0.2) is 47.4 Å². The Bertz CT molecular complexity index is 513. The van der Waals surface area contributed by atoms with Crippen molar-refractivity contribution in [3.63, 3.8) is 0 Å². The molecule has 6 heteroatoms. The number of rotatable bonds is 7. The fraction of sp³-hybridized carbons (Fsp3) is 0.647. The molecule has 0 unspecified atom stereocenters. The highest BCUT2D eigenvalue weighted by molar-refractivity contribution is 5.83. The Morgan fingerprint density at radius 3 is 2.70 bits per heavy atom. The maximum Gasteiger partial charge on any atom is 0.311 e. The quantitative estimate of drug-likeness (QED) is 0.466. The van der Waals surface area contributed by atoms with Gasteiger partial charge in [-0.1, -0.05) is 38.7 Å². The van der Waals surface area contributed by atoms with Crippen LogP contribution in [0, 0.1) is 23.2 Å². The van der Waals surface area contributed by atoms with Crippen molar-refractivity contribution >= 4 is 11.9 Å². The number of esters is 1. The highest BCUT2D eigenvalue weighted by atomic mass is 16.5. The summed E-state index contributed by atoms with van der Waals surface area (Å²) in [6, 6.07) is -0.390. The van der Waals surface area contributed by atoms with Crippen molar-refractivity contribution in [1.82, 2.24) is 5.32 Å². The van der Waals surface area contributed by atoms with Gasteiger partial charge in [-0.2, -0.15) is 0 Å². The third-order valence-electron chi connectivity index (χ3n) is 4.78. The van der Waals surface area contributed by atoms with Crippen molar-refractivity contribution in [2.45, 2.75) is 32.4 Å². The van der Waals surface area contributed by atoms with Crippen molar-refractivity contribution < 1.29 is 24.5 Å². The fourth-order valence-electron chi connectivity index (χ4n) is 3.26. The van der Waals surface area contributed by atoms with Gasteiger partial charge >= 0.3 is 5.97 Å². The van der Waals surface area contributed by atoms with Gasteiger partial charge in [0, 0.05) is 11.5 Å². The zero-order valence-corrected chi connectivity index (χ0v) is 13.6. The summed E-state index contributed by atoms with van der Waals surface area (Å²) in [5, 5.41) is 22.2. The molecule has 0 aliphatic heterocycles. The highest BCUT2D eigenvalue weighted by Gasteiger charge is 2.50. The first-order valence-corrected chi connectivity index (χ1v) is 7.87. The molecule has 128 valence electrons. The van der Waals surface area contributed by atoms with Gasteiger partial charge < -0.3 is 20.3 Å². The number of hydrogen-bond donors (Lipinski definition) is 3. The summed E-state index contributed by atoms with van der Waals surface area (Å²) in [5.41, 5.74) is -0.948. The van der Waals surface area contributed by atoms with Crippen LogP contribution in [0.25, 0.3) is 0 Å². The standard InChI is InChI=1S/C17H25NO5/c1-4-7-23-16(22)12-10-5-6-11(8-10)13(12)18-15(21)14(20)17(2,3)9-19/h4-6,10-14,19-20H,1,7-9H2,2-3H3,(H,18,21)/t10-,11+,12+,13-,14-/m0/s1. The number of hydrogen-bond acceptors (Lipinski definition) is 5. The summed E-state index contributed by atoms with van der Waals surface area (Å²) in [5.74, 6) is -1.27.